The van der Waals surface area contributed by atoms with Crippen molar-refractivity contribution in [2.75, 3.05) is 26.8 Å². The van der Waals surface area contributed by atoms with Gasteiger partial charge in [-0.2, -0.15) is 0 Å². The van der Waals surface area contributed by atoms with Gasteiger partial charge in [-0.05, 0) is 6.07 Å². The molecule has 10 heteroatoms. The molecule has 0 radical (unpaired) electrons. The molecule has 0 bridgehead atoms. The first kappa shape index (κ1) is 18.1. The molecule has 0 saturated carbocycles. The average molecular weight is 361 g/mol. The van der Waals surface area contributed by atoms with E-state index in [4.69, 9.17) is 9.47 Å². The summed E-state index contributed by atoms with van der Waals surface area (Å²) in [6.07, 6.45) is 6.45. The number of carbonyl (C=O) groups excluding carboxylic acids is 1. The average Bonchev–Trinajstić information content (AvgIpc) is 3.13. The van der Waals surface area contributed by atoms with Crippen LogP contribution in [0, 0.1) is 0 Å². The van der Waals surface area contributed by atoms with Gasteiger partial charge in [-0.3, -0.25) is 0 Å². The second kappa shape index (κ2) is 9.09. The SMILES string of the molecule is COCCn1cnnc1CNC(=O)N1CCC(Oc2ncccn2)CC1. The fourth-order valence-corrected chi connectivity index (χ4v) is 2.73. The second-order valence-electron chi connectivity index (χ2n) is 5.93. The Morgan fingerprint density at radius 1 is 1.31 bits per heavy atom. The Kier molecular flexibility index (Phi) is 6.31. The molecule has 2 aromatic heterocycles. The van der Waals surface area contributed by atoms with Gasteiger partial charge in [0, 0.05) is 52.0 Å². The number of urea groups is 1. The number of ether oxygens (including phenoxy) is 2. The van der Waals surface area contributed by atoms with Crippen LogP contribution in [0.1, 0.15) is 18.7 Å². The van der Waals surface area contributed by atoms with Gasteiger partial charge >= 0.3 is 12.0 Å². The van der Waals surface area contributed by atoms with Crippen LogP contribution in [0.5, 0.6) is 6.01 Å². The van der Waals surface area contributed by atoms with Gasteiger partial charge in [0.05, 0.1) is 13.2 Å². The van der Waals surface area contributed by atoms with Crippen LogP contribution >= 0.6 is 0 Å². The van der Waals surface area contributed by atoms with E-state index >= 15 is 0 Å². The van der Waals surface area contributed by atoms with Gasteiger partial charge in [-0.25, -0.2) is 14.8 Å². The molecule has 0 aromatic carbocycles. The maximum Gasteiger partial charge on any atom is 0.317 e. The normalized spacial score (nSPS) is 15.0. The summed E-state index contributed by atoms with van der Waals surface area (Å²) in [5, 5.41) is 10.8. The summed E-state index contributed by atoms with van der Waals surface area (Å²) in [5.74, 6) is 0.704. The smallest absolute Gasteiger partial charge is 0.317 e. The van der Waals surface area contributed by atoms with Crippen molar-refractivity contribution in [3.05, 3.63) is 30.6 Å². The molecule has 26 heavy (non-hydrogen) atoms. The van der Waals surface area contributed by atoms with E-state index in [-0.39, 0.29) is 12.1 Å². The number of likely N-dealkylation sites (tertiary alicyclic amines) is 1. The van der Waals surface area contributed by atoms with Gasteiger partial charge in [-0.1, -0.05) is 0 Å². The molecule has 3 heterocycles. The number of amides is 2. The minimum Gasteiger partial charge on any atom is -0.460 e. The van der Waals surface area contributed by atoms with Crippen LogP contribution in [-0.4, -0.2) is 68.6 Å². The zero-order chi connectivity index (χ0) is 18.2. The minimum absolute atomic E-state index is 0.0265. The molecule has 2 amide bonds. The van der Waals surface area contributed by atoms with E-state index in [2.05, 4.69) is 25.5 Å². The summed E-state index contributed by atoms with van der Waals surface area (Å²) in [4.78, 5) is 22.3. The number of hydrogen-bond donors (Lipinski definition) is 1. The van der Waals surface area contributed by atoms with Crippen LogP contribution in [0.15, 0.2) is 24.8 Å². The van der Waals surface area contributed by atoms with Crippen molar-refractivity contribution in [1.82, 2.24) is 34.9 Å². The Balaban J connectivity index is 1.42. The molecule has 3 rings (SSSR count). The number of nitrogens with zero attached hydrogens (tertiary/aromatic N) is 6. The summed E-state index contributed by atoms with van der Waals surface area (Å²) < 4.78 is 12.7. The molecule has 1 N–H and O–H groups in total. The maximum atomic E-state index is 12.4. The lowest BCUT2D eigenvalue weighted by atomic mass is 10.1. The van der Waals surface area contributed by atoms with E-state index < -0.39 is 0 Å². The van der Waals surface area contributed by atoms with Crippen molar-refractivity contribution >= 4 is 6.03 Å². The molecular weight excluding hydrogens is 338 g/mol. The Hall–Kier alpha value is -2.75. The van der Waals surface area contributed by atoms with Crippen molar-refractivity contribution in [1.29, 1.82) is 0 Å². The van der Waals surface area contributed by atoms with Crippen molar-refractivity contribution in [3.8, 4) is 6.01 Å². The van der Waals surface area contributed by atoms with E-state index in [0.717, 1.165) is 12.8 Å². The van der Waals surface area contributed by atoms with Gasteiger partial charge < -0.3 is 24.3 Å². The van der Waals surface area contributed by atoms with Gasteiger partial charge in [-0.15, -0.1) is 10.2 Å². The second-order valence-corrected chi connectivity index (χ2v) is 5.93. The summed E-state index contributed by atoms with van der Waals surface area (Å²) in [6, 6.07) is 2.02. The molecule has 1 aliphatic heterocycles. The molecule has 0 unspecified atom stereocenters. The highest BCUT2D eigenvalue weighted by molar-refractivity contribution is 5.74. The highest BCUT2D eigenvalue weighted by Crippen LogP contribution is 2.15. The first-order valence-electron chi connectivity index (χ1n) is 8.58. The summed E-state index contributed by atoms with van der Waals surface area (Å²) in [5.41, 5.74) is 0. The van der Waals surface area contributed by atoms with Gasteiger partial charge in [0.25, 0.3) is 0 Å². The number of aromatic nitrogens is 5. The van der Waals surface area contributed by atoms with Crippen LogP contribution in [0.3, 0.4) is 0 Å². The quantitative estimate of drug-likeness (QED) is 0.764. The first-order valence-corrected chi connectivity index (χ1v) is 8.58. The summed E-state index contributed by atoms with van der Waals surface area (Å²) in [7, 11) is 1.64. The molecule has 1 aliphatic rings. The van der Waals surface area contributed by atoms with Crippen molar-refractivity contribution in [2.45, 2.75) is 32.0 Å². The molecule has 1 fully saturated rings. The number of methoxy groups -OCH3 is 1. The molecule has 140 valence electrons. The van der Waals surface area contributed by atoms with E-state index in [0.29, 0.717) is 44.6 Å². The lowest BCUT2D eigenvalue weighted by Crippen LogP contribution is -2.46. The molecule has 10 nitrogen and oxygen atoms in total. The maximum absolute atomic E-state index is 12.4. The fourth-order valence-electron chi connectivity index (χ4n) is 2.73. The van der Waals surface area contributed by atoms with Crippen LogP contribution in [0.4, 0.5) is 4.79 Å². The van der Waals surface area contributed by atoms with Crippen LogP contribution in [0.2, 0.25) is 0 Å². The van der Waals surface area contributed by atoms with E-state index in [1.54, 1.807) is 36.8 Å². The molecule has 1 saturated heterocycles. The first-order chi connectivity index (χ1) is 12.8. The van der Waals surface area contributed by atoms with Crippen molar-refractivity contribution in [2.24, 2.45) is 0 Å². The highest BCUT2D eigenvalue weighted by Gasteiger charge is 2.24. The van der Waals surface area contributed by atoms with Gasteiger partial charge in [0.2, 0.25) is 0 Å². The third-order valence-electron chi connectivity index (χ3n) is 4.17. The number of hydrogen-bond acceptors (Lipinski definition) is 7. The Morgan fingerprint density at radius 3 is 2.81 bits per heavy atom. The largest absolute Gasteiger partial charge is 0.460 e. The molecular formula is C16H23N7O3. The van der Waals surface area contributed by atoms with Gasteiger partial charge in [0.15, 0.2) is 5.82 Å². The van der Waals surface area contributed by atoms with Crippen LogP contribution in [-0.2, 0) is 17.8 Å². The lowest BCUT2D eigenvalue weighted by molar-refractivity contribution is 0.103. The molecule has 0 atom stereocenters. The fraction of sp³-hybridized carbons (Fsp3) is 0.562. The van der Waals surface area contributed by atoms with E-state index in [1.807, 2.05) is 4.57 Å². The predicted molar refractivity (Wildman–Crippen MR) is 91.4 cm³/mol. The van der Waals surface area contributed by atoms with E-state index in [1.165, 1.54) is 0 Å². The minimum atomic E-state index is -0.110. The predicted octanol–water partition coefficient (Wildman–Crippen LogP) is 0.467. The molecule has 2 aromatic rings. The molecule has 0 spiro atoms. The zero-order valence-electron chi connectivity index (χ0n) is 14.7. The van der Waals surface area contributed by atoms with Crippen LogP contribution < -0.4 is 10.1 Å². The molecule has 0 aliphatic carbocycles. The monoisotopic (exact) mass is 361 g/mol. The summed E-state index contributed by atoms with van der Waals surface area (Å²) >= 11 is 0. The zero-order valence-corrected chi connectivity index (χ0v) is 14.7. The number of nitrogens with one attached hydrogen (secondary N) is 1. The number of carbonyl (C=O) groups is 1. The lowest BCUT2D eigenvalue weighted by Gasteiger charge is -2.31. The highest BCUT2D eigenvalue weighted by atomic mass is 16.5. The Morgan fingerprint density at radius 2 is 2.08 bits per heavy atom. The number of piperidine rings is 1. The third-order valence-corrected chi connectivity index (χ3v) is 4.17. The topological polar surface area (TPSA) is 107 Å². The standard InChI is InChI=1S/C16H23N7O3/c1-25-10-9-23-12-20-21-14(23)11-19-16(24)22-7-3-13(4-8-22)26-15-17-5-2-6-18-15/h2,5-6,12-13H,3-4,7-11H2,1H3,(H,19,24). The Labute approximate surface area is 151 Å². The number of rotatable bonds is 7. The van der Waals surface area contributed by atoms with Crippen LogP contribution in [0.25, 0.3) is 0 Å². The third kappa shape index (κ3) is 4.88. The van der Waals surface area contributed by atoms with Crippen molar-refractivity contribution in [3.63, 3.8) is 0 Å². The van der Waals surface area contributed by atoms with Gasteiger partial charge in [0.1, 0.15) is 12.4 Å². The van der Waals surface area contributed by atoms with Crippen molar-refractivity contribution < 1.29 is 14.3 Å². The Bertz CT molecular complexity index is 686. The summed E-state index contributed by atoms with van der Waals surface area (Å²) in [6.45, 7) is 2.80. The van der Waals surface area contributed by atoms with E-state index in [9.17, 15) is 4.79 Å².